The van der Waals surface area contributed by atoms with Gasteiger partial charge >= 0.3 is 35.5 Å². The first-order valence-corrected chi connectivity index (χ1v) is 6.16. The number of rotatable bonds is 6. The Morgan fingerprint density at radius 3 is 2.79 bits per heavy atom. The van der Waals surface area contributed by atoms with E-state index in [1.54, 1.807) is 6.92 Å². The number of esters is 1. The van der Waals surface area contributed by atoms with Gasteiger partial charge in [0.15, 0.2) is 0 Å². The number of methoxy groups -OCH3 is 1. The molecule has 0 aromatic carbocycles. The van der Waals surface area contributed by atoms with Crippen LogP contribution in [0.2, 0.25) is 0 Å². The van der Waals surface area contributed by atoms with Crippen molar-refractivity contribution in [3.63, 3.8) is 0 Å². The summed E-state index contributed by atoms with van der Waals surface area (Å²) >= 11 is 1.38. The van der Waals surface area contributed by atoms with Gasteiger partial charge in [-0.15, -0.1) is 11.3 Å². The molecule has 0 saturated heterocycles. The van der Waals surface area contributed by atoms with Crippen molar-refractivity contribution in [2.75, 3.05) is 7.11 Å². The Morgan fingerprint density at radius 1 is 1.53 bits per heavy atom. The minimum Gasteiger partial charge on any atom is -0.550 e. The molecule has 0 aliphatic heterocycles. The number of hydrogen-bond acceptors (Lipinski definition) is 6. The zero-order valence-electron chi connectivity index (χ0n) is 11.2. The number of carboxylic acids is 1. The van der Waals surface area contributed by atoms with Gasteiger partial charge in [-0.2, -0.15) is 0 Å². The first kappa shape index (κ1) is 18.2. The van der Waals surface area contributed by atoms with E-state index in [1.165, 1.54) is 24.5 Å². The summed E-state index contributed by atoms with van der Waals surface area (Å²) in [5, 5.41) is 15.4. The van der Waals surface area contributed by atoms with Crippen molar-refractivity contribution >= 4 is 23.3 Å². The first-order chi connectivity index (χ1) is 8.52. The predicted molar refractivity (Wildman–Crippen MR) is 65.6 cm³/mol. The third-order valence-electron chi connectivity index (χ3n) is 2.24. The number of hydrogen-bond donors (Lipinski definition) is 1. The molecule has 0 spiro atoms. The van der Waals surface area contributed by atoms with Crippen LogP contribution < -0.4 is 40.0 Å². The molecule has 1 aromatic rings. The zero-order valence-corrected chi connectivity index (χ0v) is 14.0. The minimum atomic E-state index is -1.10. The molecule has 0 bridgehead atoms. The van der Waals surface area contributed by atoms with Crippen molar-refractivity contribution in [1.82, 2.24) is 5.32 Å². The number of carbonyl (C=O) groups excluding carboxylic acids is 2. The Hall–Kier alpha value is -0.820. The molecule has 5 nitrogen and oxygen atoms in total. The van der Waals surface area contributed by atoms with Crippen molar-refractivity contribution in [1.29, 1.82) is 0 Å². The maximum Gasteiger partial charge on any atom is 1.00 e. The second-order valence-corrected chi connectivity index (χ2v) is 4.62. The maximum atomic E-state index is 11.0. The van der Waals surface area contributed by atoms with Gasteiger partial charge in [-0.25, -0.2) is 4.79 Å². The number of allylic oxidation sites excluding steroid dienone is 1. The molecule has 0 aliphatic carbocycles. The summed E-state index contributed by atoms with van der Waals surface area (Å²) in [5.74, 6) is -1.53. The predicted octanol–water partition coefficient (Wildman–Crippen LogP) is -2.79. The molecule has 1 aromatic heterocycles. The summed E-state index contributed by atoms with van der Waals surface area (Å²) in [6.45, 7) is 2.20. The smallest absolute Gasteiger partial charge is 0.550 e. The molecule has 1 heterocycles. The molecule has 0 amide bonds. The summed E-state index contributed by atoms with van der Waals surface area (Å²) in [7, 11) is 1.31. The van der Waals surface area contributed by atoms with Crippen LogP contribution in [-0.2, 0) is 27.3 Å². The Labute approximate surface area is 137 Å². The van der Waals surface area contributed by atoms with Crippen molar-refractivity contribution in [2.45, 2.75) is 19.9 Å². The largest absolute Gasteiger partial charge is 1.00 e. The Bertz CT molecular complexity index is 470. The van der Waals surface area contributed by atoms with Gasteiger partial charge in [0.05, 0.1) is 7.11 Å². The molecule has 1 rings (SSSR count). The fourth-order valence-corrected chi connectivity index (χ4v) is 2.22. The molecule has 1 N–H and O–H groups in total. The molecular formula is C12H14NNaO4S. The Kier molecular flexibility index (Phi) is 8.75. The topological polar surface area (TPSA) is 78.5 Å². The monoisotopic (exact) mass is 291 g/mol. The number of carboxylic acid groups (broad SMARTS) is 1. The van der Waals surface area contributed by atoms with Crippen LogP contribution >= 0.6 is 11.3 Å². The van der Waals surface area contributed by atoms with Crippen molar-refractivity contribution in [3.8, 4) is 0 Å². The van der Waals surface area contributed by atoms with E-state index in [9.17, 15) is 14.7 Å². The van der Waals surface area contributed by atoms with Gasteiger partial charge in [-0.05, 0) is 23.9 Å². The summed E-state index contributed by atoms with van der Waals surface area (Å²) in [6.07, 6.45) is 1.25. The van der Waals surface area contributed by atoms with E-state index < -0.39 is 11.9 Å². The third kappa shape index (κ3) is 6.77. The number of carbonyl (C=O) groups is 2. The Morgan fingerprint density at radius 2 is 2.21 bits per heavy atom. The second-order valence-electron chi connectivity index (χ2n) is 3.62. The van der Waals surface area contributed by atoms with Crippen LogP contribution in [0.15, 0.2) is 23.2 Å². The van der Waals surface area contributed by atoms with Crippen molar-refractivity contribution < 1.29 is 49.0 Å². The average Bonchev–Trinajstić information content (AvgIpc) is 2.72. The molecule has 7 heteroatoms. The summed E-state index contributed by atoms with van der Waals surface area (Å²) in [4.78, 5) is 22.3. The molecular weight excluding hydrogens is 277 g/mol. The number of nitrogens with one attached hydrogen (secondary N) is 1. The van der Waals surface area contributed by atoms with Crippen LogP contribution in [0.3, 0.4) is 0 Å². The molecule has 0 aliphatic rings. The van der Waals surface area contributed by atoms with Gasteiger partial charge in [-0.1, -0.05) is 0 Å². The molecule has 19 heavy (non-hydrogen) atoms. The fraction of sp³-hybridized carbons (Fsp3) is 0.333. The van der Waals surface area contributed by atoms with Gasteiger partial charge in [0.25, 0.3) is 0 Å². The SMILES string of the molecule is COC(=O)C=C(C)NCc1ccsc1CC(=O)[O-].[Na+]. The van der Waals surface area contributed by atoms with Crippen molar-refractivity contribution in [2.24, 2.45) is 0 Å². The number of aliphatic carboxylic acids is 1. The van der Waals surface area contributed by atoms with Crippen LogP contribution in [0.4, 0.5) is 0 Å². The van der Waals surface area contributed by atoms with Gasteiger partial charge in [0.1, 0.15) is 0 Å². The van der Waals surface area contributed by atoms with Crippen molar-refractivity contribution in [3.05, 3.63) is 33.7 Å². The van der Waals surface area contributed by atoms with Crippen LogP contribution in [-0.4, -0.2) is 19.0 Å². The standard InChI is InChI=1S/C12H15NO4S.Na/c1-8(5-12(16)17-2)13-7-9-3-4-18-10(9)6-11(14)15;/h3-5,13H,6-7H2,1-2H3,(H,14,15);/q;+1/p-1. The van der Waals surface area contributed by atoms with E-state index in [0.29, 0.717) is 12.2 Å². The van der Waals surface area contributed by atoms with Gasteiger partial charge in [0, 0.05) is 35.6 Å². The summed E-state index contributed by atoms with van der Waals surface area (Å²) in [6, 6.07) is 1.85. The van der Waals surface area contributed by atoms with Crippen LogP contribution in [0.25, 0.3) is 0 Å². The van der Waals surface area contributed by atoms with E-state index in [4.69, 9.17) is 0 Å². The van der Waals surface area contributed by atoms with Gasteiger partial charge in [-0.3, -0.25) is 0 Å². The molecule has 0 unspecified atom stereocenters. The van der Waals surface area contributed by atoms with Crippen LogP contribution in [0, 0.1) is 0 Å². The second kappa shape index (κ2) is 9.14. The maximum absolute atomic E-state index is 11.0. The molecule has 0 saturated carbocycles. The van der Waals surface area contributed by atoms with Crippen LogP contribution in [0.5, 0.6) is 0 Å². The molecule has 0 atom stereocenters. The summed E-state index contributed by atoms with van der Waals surface area (Å²) < 4.78 is 4.50. The van der Waals surface area contributed by atoms with E-state index in [-0.39, 0.29) is 36.0 Å². The van der Waals surface area contributed by atoms with E-state index in [0.717, 1.165) is 10.4 Å². The number of thiophene rings is 1. The Balaban J connectivity index is 0.00000324. The summed E-state index contributed by atoms with van der Waals surface area (Å²) in [5.41, 5.74) is 1.55. The van der Waals surface area contributed by atoms with Crippen LogP contribution in [0.1, 0.15) is 17.4 Å². The first-order valence-electron chi connectivity index (χ1n) is 5.28. The molecule has 0 radical (unpaired) electrons. The van der Waals surface area contributed by atoms with E-state index >= 15 is 0 Å². The fourth-order valence-electron chi connectivity index (χ4n) is 1.33. The van der Waals surface area contributed by atoms with E-state index in [2.05, 4.69) is 10.1 Å². The third-order valence-corrected chi connectivity index (χ3v) is 3.20. The van der Waals surface area contributed by atoms with Gasteiger partial charge < -0.3 is 20.0 Å². The average molecular weight is 291 g/mol. The van der Waals surface area contributed by atoms with E-state index in [1.807, 2.05) is 11.4 Å². The zero-order chi connectivity index (χ0) is 13.5. The quantitative estimate of drug-likeness (QED) is 0.348. The van der Waals surface area contributed by atoms with Gasteiger partial charge in [0.2, 0.25) is 0 Å². The molecule has 98 valence electrons. The normalized spacial score (nSPS) is 10.5. The molecule has 0 fully saturated rings. The minimum absolute atomic E-state index is 0. The number of ether oxygens (including phenoxy) is 1.